The Bertz CT molecular complexity index is 287. The fourth-order valence-electron chi connectivity index (χ4n) is 2.29. The third-order valence-corrected chi connectivity index (χ3v) is 3.22. The van der Waals surface area contributed by atoms with Crippen molar-refractivity contribution >= 4 is 0 Å². The molecule has 0 saturated carbocycles. The van der Waals surface area contributed by atoms with Gasteiger partial charge in [0.05, 0.1) is 0 Å². The fourth-order valence-corrected chi connectivity index (χ4v) is 2.29. The normalized spacial score (nSPS) is 18.2. The Balaban J connectivity index is 1.81. The van der Waals surface area contributed by atoms with E-state index in [4.69, 9.17) is 0 Å². The van der Waals surface area contributed by atoms with Crippen LogP contribution in [0.25, 0.3) is 0 Å². The predicted octanol–water partition coefficient (Wildman–Crippen LogP) is 1.93. The van der Waals surface area contributed by atoms with Crippen LogP contribution in [0.1, 0.15) is 32.0 Å². The summed E-state index contributed by atoms with van der Waals surface area (Å²) in [4.78, 5) is 6.92. The molecule has 0 aromatic carbocycles. The Morgan fingerprint density at radius 2 is 2.00 bits per heavy atom. The Kier molecular flexibility index (Phi) is 3.78. The second kappa shape index (κ2) is 5.31. The van der Waals surface area contributed by atoms with Crippen molar-refractivity contribution in [2.75, 3.05) is 19.6 Å². The maximum absolute atomic E-state index is 4.34. The minimum absolute atomic E-state index is 1.03. The van der Waals surface area contributed by atoms with E-state index < -0.39 is 0 Å². The molecule has 3 nitrogen and oxygen atoms in total. The molecule has 0 unspecified atom stereocenters. The van der Waals surface area contributed by atoms with Gasteiger partial charge in [-0.1, -0.05) is 13.3 Å². The highest BCUT2D eigenvalue weighted by atomic mass is 15.2. The van der Waals surface area contributed by atoms with Crippen LogP contribution in [0.4, 0.5) is 0 Å². The van der Waals surface area contributed by atoms with Gasteiger partial charge in [-0.2, -0.15) is 0 Å². The number of hydrogen-bond acceptors (Lipinski definition) is 2. The molecule has 0 spiro atoms. The highest BCUT2D eigenvalue weighted by Crippen LogP contribution is 2.08. The molecule has 0 bridgehead atoms. The highest BCUT2D eigenvalue weighted by Gasteiger charge is 2.10. The maximum atomic E-state index is 4.34. The molecule has 1 aliphatic rings. The smallest absolute Gasteiger partial charge is 0.108 e. The topological polar surface area (TPSA) is 21.1 Å². The molecule has 0 radical (unpaired) electrons. The van der Waals surface area contributed by atoms with Crippen molar-refractivity contribution in [3.8, 4) is 0 Å². The van der Waals surface area contributed by atoms with Crippen molar-refractivity contribution in [2.24, 2.45) is 0 Å². The number of rotatable bonds is 4. The molecule has 0 N–H and O–H groups in total. The lowest BCUT2D eigenvalue weighted by Crippen LogP contribution is -2.32. The molecule has 1 aliphatic heterocycles. The Hall–Kier alpha value is -0.830. The van der Waals surface area contributed by atoms with Gasteiger partial charge in [0, 0.05) is 31.9 Å². The lowest BCUT2D eigenvalue weighted by Gasteiger charge is -2.26. The second-order valence-electron chi connectivity index (χ2n) is 4.29. The zero-order chi connectivity index (χ0) is 10.5. The summed E-state index contributed by atoms with van der Waals surface area (Å²) in [6.45, 7) is 7.03. The van der Waals surface area contributed by atoms with Crippen LogP contribution in [0, 0.1) is 0 Å². The number of hydrogen-bond donors (Lipinski definition) is 0. The van der Waals surface area contributed by atoms with Crippen molar-refractivity contribution in [3.63, 3.8) is 0 Å². The highest BCUT2D eigenvalue weighted by molar-refractivity contribution is 4.91. The van der Waals surface area contributed by atoms with Crippen LogP contribution in [-0.2, 0) is 13.0 Å². The average Bonchev–Trinajstić information content (AvgIpc) is 2.75. The molecule has 0 atom stereocenters. The van der Waals surface area contributed by atoms with Gasteiger partial charge in [0.15, 0.2) is 0 Å². The molecule has 1 aromatic heterocycles. The first-order valence-electron chi connectivity index (χ1n) is 6.12. The molecular formula is C12H21N3. The SMILES string of the molecule is CCc1nccn1CCN1CCCCC1. The summed E-state index contributed by atoms with van der Waals surface area (Å²) in [5.74, 6) is 1.21. The van der Waals surface area contributed by atoms with Crippen LogP contribution in [0.15, 0.2) is 12.4 Å². The Labute approximate surface area is 92.1 Å². The van der Waals surface area contributed by atoms with Gasteiger partial charge < -0.3 is 9.47 Å². The summed E-state index contributed by atoms with van der Waals surface area (Å²) < 4.78 is 2.29. The van der Waals surface area contributed by atoms with E-state index in [1.165, 1.54) is 44.7 Å². The van der Waals surface area contributed by atoms with Gasteiger partial charge in [-0.3, -0.25) is 0 Å². The van der Waals surface area contributed by atoms with Gasteiger partial charge in [0.2, 0.25) is 0 Å². The number of piperidine rings is 1. The van der Waals surface area contributed by atoms with E-state index in [-0.39, 0.29) is 0 Å². The summed E-state index contributed by atoms with van der Waals surface area (Å²) >= 11 is 0. The van der Waals surface area contributed by atoms with Gasteiger partial charge >= 0.3 is 0 Å². The van der Waals surface area contributed by atoms with Crippen LogP contribution in [-0.4, -0.2) is 34.1 Å². The summed E-state index contributed by atoms with van der Waals surface area (Å²) in [5.41, 5.74) is 0. The van der Waals surface area contributed by atoms with Crippen LogP contribution < -0.4 is 0 Å². The largest absolute Gasteiger partial charge is 0.334 e. The molecule has 0 aliphatic carbocycles. The van der Waals surface area contributed by atoms with Crippen molar-refractivity contribution in [2.45, 2.75) is 39.2 Å². The number of nitrogens with zero attached hydrogens (tertiary/aromatic N) is 3. The van der Waals surface area contributed by atoms with Crippen molar-refractivity contribution < 1.29 is 0 Å². The fraction of sp³-hybridized carbons (Fsp3) is 0.750. The maximum Gasteiger partial charge on any atom is 0.108 e. The quantitative estimate of drug-likeness (QED) is 0.752. The van der Waals surface area contributed by atoms with Crippen LogP contribution >= 0.6 is 0 Å². The molecule has 2 rings (SSSR count). The zero-order valence-electron chi connectivity index (χ0n) is 9.65. The van der Waals surface area contributed by atoms with E-state index in [1.807, 2.05) is 6.20 Å². The van der Waals surface area contributed by atoms with E-state index >= 15 is 0 Å². The van der Waals surface area contributed by atoms with E-state index in [2.05, 4.69) is 27.6 Å². The molecular weight excluding hydrogens is 186 g/mol. The van der Waals surface area contributed by atoms with Crippen LogP contribution in [0.5, 0.6) is 0 Å². The molecule has 1 saturated heterocycles. The number of aryl methyl sites for hydroxylation is 1. The standard InChI is InChI=1S/C12H21N3/c1-2-12-13-6-9-15(12)11-10-14-7-4-3-5-8-14/h6,9H,2-5,7-8,10-11H2,1H3. The van der Waals surface area contributed by atoms with Gasteiger partial charge in [-0.25, -0.2) is 4.98 Å². The molecule has 1 aromatic rings. The minimum atomic E-state index is 1.03. The van der Waals surface area contributed by atoms with E-state index in [1.54, 1.807) is 0 Å². The van der Waals surface area contributed by atoms with E-state index in [0.717, 1.165) is 13.0 Å². The third kappa shape index (κ3) is 2.81. The number of likely N-dealkylation sites (tertiary alicyclic amines) is 1. The van der Waals surface area contributed by atoms with Gasteiger partial charge in [0.1, 0.15) is 5.82 Å². The average molecular weight is 207 g/mol. The van der Waals surface area contributed by atoms with Gasteiger partial charge in [-0.15, -0.1) is 0 Å². The monoisotopic (exact) mass is 207 g/mol. The van der Waals surface area contributed by atoms with E-state index in [9.17, 15) is 0 Å². The lowest BCUT2D eigenvalue weighted by atomic mass is 10.1. The number of imidazole rings is 1. The Morgan fingerprint density at radius 1 is 1.20 bits per heavy atom. The predicted molar refractivity (Wildman–Crippen MR) is 61.9 cm³/mol. The second-order valence-corrected chi connectivity index (χ2v) is 4.29. The Morgan fingerprint density at radius 3 is 2.73 bits per heavy atom. The zero-order valence-corrected chi connectivity index (χ0v) is 9.65. The molecule has 15 heavy (non-hydrogen) atoms. The summed E-state index contributed by atoms with van der Waals surface area (Å²) in [6, 6.07) is 0. The first-order chi connectivity index (χ1) is 7.40. The molecule has 2 heterocycles. The minimum Gasteiger partial charge on any atom is -0.334 e. The van der Waals surface area contributed by atoms with Crippen LogP contribution in [0.2, 0.25) is 0 Å². The molecule has 3 heteroatoms. The summed E-state index contributed by atoms with van der Waals surface area (Å²) in [7, 11) is 0. The van der Waals surface area contributed by atoms with Crippen molar-refractivity contribution in [1.82, 2.24) is 14.5 Å². The first kappa shape index (κ1) is 10.7. The molecule has 1 fully saturated rings. The number of aromatic nitrogens is 2. The van der Waals surface area contributed by atoms with Gasteiger partial charge in [0.25, 0.3) is 0 Å². The summed E-state index contributed by atoms with van der Waals surface area (Å²) in [5, 5.41) is 0. The van der Waals surface area contributed by atoms with Crippen LogP contribution in [0.3, 0.4) is 0 Å². The van der Waals surface area contributed by atoms with Gasteiger partial charge in [-0.05, 0) is 25.9 Å². The van der Waals surface area contributed by atoms with Crippen molar-refractivity contribution in [1.29, 1.82) is 0 Å². The van der Waals surface area contributed by atoms with E-state index in [0.29, 0.717) is 0 Å². The third-order valence-electron chi connectivity index (χ3n) is 3.22. The summed E-state index contributed by atoms with van der Waals surface area (Å²) in [6.07, 6.45) is 9.22. The first-order valence-corrected chi connectivity index (χ1v) is 6.12. The molecule has 84 valence electrons. The lowest BCUT2D eigenvalue weighted by molar-refractivity contribution is 0.220. The van der Waals surface area contributed by atoms with Crippen molar-refractivity contribution in [3.05, 3.63) is 18.2 Å². The molecule has 0 amide bonds.